The number of carbonyl (C=O) groups excluding carboxylic acids is 1. The molecule has 6 heteroatoms. The number of rotatable bonds is 3. The largest absolute Gasteiger partial charge is 0.353 e. The molecule has 3 saturated heterocycles. The van der Waals surface area contributed by atoms with E-state index in [2.05, 4.69) is 39.8 Å². The van der Waals surface area contributed by atoms with Crippen molar-refractivity contribution in [1.82, 2.24) is 26.0 Å². The number of nitrogens with zero attached hydrogens (tertiary/aromatic N) is 2. The fraction of sp³-hybridized carbons (Fsp3) is 0.950. The molecule has 4 rings (SSSR count). The van der Waals surface area contributed by atoms with Crippen LogP contribution in [0.2, 0.25) is 0 Å². The van der Waals surface area contributed by atoms with Crippen LogP contribution in [0.5, 0.6) is 0 Å². The Morgan fingerprint density at radius 2 is 1.77 bits per heavy atom. The number of hydrogen-bond acceptors (Lipinski definition) is 5. The molecule has 0 aromatic heterocycles. The first-order valence-corrected chi connectivity index (χ1v) is 10.9. The van der Waals surface area contributed by atoms with Gasteiger partial charge in [-0.2, -0.15) is 0 Å². The molecule has 1 aliphatic carbocycles. The first-order chi connectivity index (χ1) is 12.6. The highest BCUT2D eigenvalue weighted by atomic mass is 16.2. The topological polar surface area (TPSA) is 59.6 Å². The van der Waals surface area contributed by atoms with Crippen LogP contribution in [0.3, 0.4) is 0 Å². The molecule has 0 aromatic rings. The molecule has 4 atom stereocenters. The number of likely N-dealkylation sites (tertiary alicyclic amines) is 1. The van der Waals surface area contributed by atoms with Gasteiger partial charge in [0.25, 0.3) is 0 Å². The van der Waals surface area contributed by atoms with Gasteiger partial charge in [0.2, 0.25) is 5.91 Å². The summed E-state index contributed by atoms with van der Waals surface area (Å²) < 4.78 is 0. The molecule has 3 N–H and O–H groups in total. The number of carbonyl (C=O) groups is 1. The van der Waals surface area contributed by atoms with Crippen molar-refractivity contribution in [1.29, 1.82) is 0 Å². The van der Waals surface area contributed by atoms with E-state index >= 15 is 0 Å². The molecule has 4 unspecified atom stereocenters. The number of amides is 1. The highest BCUT2D eigenvalue weighted by Gasteiger charge is 2.44. The van der Waals surface area contributed by atoms with Gasteiger partial charge in [-0.25, -0.2) is 5.01 Å². The molecular formula is C20H37N5O. The van der Waals surface area contributed by atoms with Crippen LogP contribution in [0.1, 0.15) is 65.2 Å². The zero-order valence-electron chi connectivity index (χ0n) is 16.5. The maximum atomic E-state index is 12.9. The number of hydrogen-bond donors (Lipinski definition) is 3. The van der Waals surface area contributed by atoms with Gasteiger partial charge in [-0.3, -0.25) is 15.5 Å². The van der Waals surface area contributed by atoms with E-state index in [-0.39, 0.29) is 18.0 Å². The first kappa shape index (κ1) is 18.7. The van der Waals surface area contributed by atoms with Crippen molar-refractivity contribution < 1.29 is 4.79 Å². The van der Waals surface area contributed by atoms with E-state index in [0.717, 1.165) is 31.8 Å². The number of piperidine rings is 1. The normalized spacial score (nSPS) is 42.4. The lowest BCUT2D eigenvalue weighted by Crippen LogP contribution is -2.61. The van der Waals surface area contributed by atoms with Crippen LogP contribution in [0, 0.1) is 5.92 Å². The van der Waals surface area contributed by atoms with E-state index in [4.69, 9.17) is 0 Å². The predicted molar refractivity (Wildman–Crippen MR) is 103 cm³/mol. The molecule has 4 aliphatic rings. The van der Waals surface area contributed by atoms with Gasteiger partial charge >= 0.3 is 0 Å². The summed E-state index contributed by atoms with van der Waals surface area (Å²) in [6.45, 7) is 7.80. The van der Waals surface area contributed by atoms with Crippen molar-refractivity contribution in [3.8, 4) is 0 Å². The molecule has 26 heavy (non-hydrogen) atoms. The van der Waals surface area contributed by atoms with Gasteiger partial charge in [-0.1, -0.05) is 6.42 Å². The molecule has 1 amide bonds. The van der Waals surface area contributed by atoms with Gasteiger partial charge in [-0.15, -0.1) is 0 Å². The third kappa shape index (κ3) is 3.93. The van der Waals surface area contributed by atoms with Crippen molar-refractivity contribution in [2.24, 2.45) is 5.92 Å². The van der Waals surface area contributed by atoms with Crippen molar-refractivity contribution in [3.63, 3.8) is 0 Å². The third-order valence-electron chi connectivity index (χ3n) is 7.09. The Hall–Kier alpha value is -0.690. The van der Waals surface area contributed by atoms with Crippen molar-refractivity contribution in [2.75, 3.05) is 19.6 Å². The summed E-state index contributed by atoms with van der Waals surface area (Å²) >= 11 is 0. The Morgan fingerprint density at radius 3 is 2.50 bits per heavy atom. The molecule has 0 bridgehead atoms. The number of hydrazine groups is 1. The number of fused-ring (bicyclic) bond motifs is 1. The lowest BCUT2D eigenvalue weighted by molar-refractivity contribution is -0.127. The zero-order valence-corrected chi connectivity index (χ0v) is 16.5. The average molecular weight is 364 g/mol. The first-order valence-electron chi connectivity index (χ1n) is 10.9. The summed E-state index contributed by atoms with van der Waals surface area (Å²) in [6, 6.07) is 2.08. The standard InChI is InChI=1S/C20H37N5O/c1-14-12-15(2)25-19(22-14)18(13-21-25)20(26)23-16-6-8-17(9-7-16)24-10-4-3-5-11-24/h14-19,21-22H,3-13H2,1-2H3,(H,23,26). The van der Waals surface area contributed by atoms with Crippen molar-refractivity contribution in [2.45, 2.75) is 95.5 Å². The summed E-state index contributed by atoms with van der Waals surface area (Å²) in [5.41, 5.74) is 3.45. The van der Waals surface area contributed by atoms with E-state index in [0.29, 0.717) is 18.1 Å². The minimum atomic E-state index is 0.0139. The van der Waals surface area contributed by atoms with Gasteiger partial charge in [0.05, 0.1) is 12.1 Å². The van der Waals surface area contributed by atoms with Gasteiger partial charge in [-0.05, 0) is 71.9 Å². The molecule has 6 nitrogen and oxygen atoms in total. The lowest BCUT2D eigenvalue weighted by atomic mass is 9.88. The second-order valence-corrected chi connectivity index (χ2v) is 9.08. The Kier molecular flexibility index (Phi) is 5.84. The highest BCUT2D eigenvalue weighted by Crippen LogP contribution is 2.28. The third-order valence-corrected chi connectivity index (χ3v) is 7.09. The molecule has 0 aromatic carbocycles. The van der Waals surface area contributed by atoms with Gasteiger partial charge in [0.1, 0.15) is 0 Å². The SMILES string of the molecule is CC1CC(C)N2NCC(C(=O)NC3CCC(N4CCCCC4)CC3)C2N1. The maximum absolute atomic E-state index is 12.9. The molecule has 3 heterocycles. The van der Waals surface area contributed by atoms with E-state index < -0.39 is 0 Å². The van der Waals surface area contributed by atoms with Crippen molar-refractivity contribution >= 4 is 5.91 Å². The highest BCUT2D eigenvalue weighted by molar-refractivity contribution is 5.80. The molecule has 1 saturated carbocycles. The van der Waals surface area contributed by atoms with E-state index in [1.54, 1.807) is 0 Å². The Morgan fingerprint density at radius 1 is 1.04 bits per heavy atom. The van der Waals surface area contributed by atoms with Crippen molar-refractivity contribution in [3.05, 3.63) is 0 Å². The molecule has 148 valence electrons. The van der Waals surface area contributed by atoms with Crippen LogP contribution in [-0.4, -0.2) is 65.8 Å². The van der Waals surface area contributed by atoms with Gasteiger partial charge in [0.15, 0.2) is 0 Å². The van der Waals surface area contributed by atoms with Crippen LogP contribution in [0.15, 0.2) is 0 Å². The van der Waals surface area contributed by atoms with Gasteiger partial charge < -0.3 is 10.2 Å². The second kappa shape index (κ2) is 8.13. The number of nitrogens with one attached hydrogen (secondary N) is 3. The molecule has 4 fully saturated rings. The van der Waals surface area contributed by atoms with Crippen LogP contribution >= 0.6 is 0 Å². The molecule has 0 radical (unpaired) electrons. The molecule has 0 spiro atoms. The fourth-order valence-corrected chi connectivity index (χ4v) is 5.63. The van der Waals surface area contributed by atoms with E-state index in [1.165, 1.54) is 45.2 Å². The average Bonchev–Trinajstić information content (AvgIpc) is 3.07. The van der Waals surface area contributed by atoms with Crippen LogP contribution in [0.4, 0.5) is 0 Å². The summed E-state index contributed by atoms with van der Waals surface area (Å²) in [4.78, 5) is 15.6. The quantitative estimate of drug-likeness (QED) is 0.708. The minimum Gasteiger partial charge on any atom is -0.353 e. The fourth-order valence-electron chi connectivity index (χ4n) is 5.63. The monoisotopic (exact) mass is 363 g/mol. The lowest BCUT2D eigenvalue weighted by Gasteiger charge is -2.41. The van der Waals surface area contributed by atoms with Gasteiger partial charge in [0, 0.05) is 30.7 Å². The Labute approximate surface area is 158 Å². The van der Waals surface area contributed by atoms with E-state index in [9.17, 15) is 4.79 Å². The summed E-state index contributed by atoms with van der Waals surface area (Å²) in [6.07, 6.45) is 10.2. The maximum Gasteiger partial charge on any atom is 0.227 e. The van der Waals surface area contributed by atoms with E-state index in [1.807, 2.05) is 0 Å². The Balaban J connectivity index is 1.26. The smallest absolute Gasteiger partial charge is 0.227 e. The van der Waals surface area contributed by atoms with Crippen LogP contribution in [-0.2, 0) is 4.79 Å². The van der Waals surface area contributed by atoms with Crippen LogP contribution in [0.25, 0.3) is 0 Å². The summed E-state index contributed by atoms with van der Waals surface area (Å²) in [5, 5.41) is 9.27. The summed E-state index contributed by atoms with van der Waals surface area (Å²) in [7, 11) is 0. The Bertz CT molecular complexity index is 487. The predicted octanol–water partition coefficient (Wildman–Crippen LogP) is 1.43. The molecule has 3 aliphatic heterocycles. The van der Waals surface area contributed by atoms with Crippen LogP contribution < -0.4 is 16.1 Å². The second-order valence-electron chi connectivity index (χ2n) is 9.08. The summed E-state index contributed by atoms with van der Waals surface area (Å²) in [5.74, 6) is 0.250. The molecular weight excluding hydrogens is 326 g/mol. The zero-order chi connectivity index (χ0) is 18.1. The minimum absolute atomic E-state index is 0.0139.